The van der Waals surface area contributed by atoms with E-state index in [2.05, 4.69) is 17.2 Å². The minimum absolute atomic E-state index is 0.0497. The van der Waals surface area contributed by atoms with Crippen LogP contribution in [0.1, 0.15) is 36.5 Å². The molecule has 3 rings (SSSR count). The zero-order chi connectivity index (χ0) is 13.9. The number of hydrogen-bond donors (Lipinski definition) is 2. The Morgan fingerprint density at radius 3 is 3.15 bits per heavy atom. The molecule has 3 nitrogen and oxygen atoms in total. The number of fused-ring (bicyclic) bond motifs is 1. The number of rotatable bonds is 4. The van der Waals surface area contributed by atoms with E-state index in [0.717, 1.165) is 40.3 Å². The summed E-state index contributed by atoms with van der Waals surface area (Å²) in [6.07, 6.45) is 5.33. The van der Waals surface area contributed by atoms with Crippen LogP contribution in [-0.2, 0) is 0 Å². The van der Waals surface area contributed by atoms with Crippen LogP contribution in [0.15, 0.2) is 30.5 Å². The van der Waals surface area contributed by atoms with Gasteiger partial charge in [0, 0.05) is 28.6 Å². The molecule has 1 amide bonds. The van der Waals surface area contributed by atoms with Crippen LogP contribution in [0.4, 0.5) is 0 Å². The number of thioether (sulfide) groups is 1. The van der Waals surface area contributed by atoms with E-state index in [1.165, 1.54) is 6.42 Å². The van der Waals surface area contributed by atoms with Crippen molar-refractivity contribution >= 4 is 28.6 Å². The highest BCUT2D eigenvalue weighted by molar-refractivity contribution is 7.99. The van der Waals surface area contributed by atoms with Gasteiger partial charge in [0.1, 0.15) is 0 Å². The molecule has 1 saturated carbocycles. The molecule has 1 heterocycles. The fourth-order valence-electron chi connectivity index (χ4n) is 2.92. The first kappa shape index (κ1) is 13.6. The van der Waals surface area contributed by atoms with Crippen molar-refractivity contribution in [2.24, 2.45) is 0 Å². The van der Waals surface area contributed by atoms with Crippen molar-refractivity contribution in [3.63, 3.8) is 0 Å². The Balaban J connectivity index is 1.64. The maximum absolute atomic E-state index is 12.3. The van der Waals surface area contributed by atoms with Crippen LogP contribution in [0.2, 0.25) is 0 Å². The maximum atomic E-state index is 12.3. The standard InChI is InChI=1S/C16H20N2OS/c1-2-20-14-6-5-13(10-14)18-16(19)12-4-3-11-7-8-17-15(11)9-12/h3-4,7-9,13-14,17H,2,5-6,10H2,1H3,(H,18,19). The molecule has 4 heteroatoms. The molecule has 0 saturated heterocycles. The number of H-pyrrole nitrogens is 1. The molecule has 0 bridgehead atoms. The van der Waals surface area contributed by atoms with Gasteiger partial charge in [0.2, 0.25) is 0 Å². The van der Waals surface area contributed by atoms with E-state index in [1.54, 1.807) is 0 Å². The predicted octanol–water partition coefficient (Wildman–Crippen LogP) is 3.57. The number of aromatic amines is 1. The molecule has 1 aromatic carbocycles. The van der Waals surface area contributed by atoms with Gasteiger partial charge in [-0.05, 0) is 48.6 Å². The van der Waals surface area contributed by atoms with Crippen LogP contribution in [0.3, 0.4) is 0 Å². The number of carbonyl (C=O) groups excluding carboxylic acids is 1. The van der Waals surface area contributed by atoms with E-state index >= 15 is 0 Å². The lowest BCUT2D eigenvalue weighted by atomic mass is 10.1. The summed E-state index contributed by atoms with van der Waals surface area (Å²) >= 11 is 2.01. The van der Waals surface area contributed by atoms with E-state index in [0.29, 0.717) is 6.04 Å². The van der Waals surface area contributed by atoms with Gasteiger partial charge >= 0.3 is 0 Å². The Morgan fingerprint density at radius 1 is 1.40 bits per heavy atom. The first-order chi connectivity index (χ1) is 9.76. The Kier molecular flexibility index (Phi) is 4.01. The highest BCUT2D eigenvalue weighted by Gasteiger charge is 2.25. The zero-order valence-electron chi connectivity index (χ0n) is 11.7. The predicted molar refractivity (Wildman–Crippen MR) is 85.3 cm³/mol. The van der Waals surface area contributed by atoms with Crippen molar-refractivity contribution < 1.29 is 4.79 Å². The van der Waals surface area contributed by atoms with Crippen LogP contribution >= 0.6 is 11.8 Å². The molecule has 20 heavy (non-hydrogen) atoms. The molecule has 1 aliphatic rings. The summed E-state index contributed by atoms with van der Waals surface area (Å²) in [4.78, 5) is 15.4. The van der Waals surface area contributed by atoms with Crippen molar-refractivity contribution in [2.75, 3.05) is 5.75 Å². The number of carbonyl (C=O) groups is 1. The first-order valence-electron chi connectivity index (χ1n) is 7.26. The quantitative estimate of drug-likeness (QED) is 0.903. The van der Waals surface area contributed by atoms with Crippen molar-refractivity contribution in [3.8, 4) is 0 Å². The summed E-state index contributed by atoms with van der Waals surface area (Å²) in [5.74, 6) is 1.21. The van der Waals surface area contributed by atoms with Crippen LogP contribution in [0.5, 0.6) is 0 Å². The van der Waals surface area contributed by atoms with Crippen molar-refractivity contribution in [2.45, 2.75) is 37.5 Å². The van der Waals surface area contributed by atoms with Gasteiger partial charge in [0.15, 0.2) is 0 Å². The zero-order valence-corrected chi connectivity index (χ0v) is 12.5. The molecule has 2 N–H and O–H groups in total. The molecule has 0 radical (unpaired) electrons. The normalized spacial score (nSPS) is 22.2. The van der Waals surface area contributed by atoms with E-state index in [4.69, 9.17) is 0 Å². The SMILES string of the molecule is CCSC1CCC(NC(=O)c2ccc3cc[nH]c3c2)C1. The van der Waals surface area contributed by atoms with Gasteiger partial charge in [-0.2, -0.15) is 11.8 Å². The molecule has 106 valence electrons. The maximum Gasteiger partial charge on any atom is 0.251 e. The molecular formula is C16H20N2OS. The fraction of sp³-hybridized carbons (Fsp3) is 0.438. The van der Waals surface area contributed by atoms with Gasteiger partial charge in [0.05, 0.1) is 0 Å². The number of aromatic nitrogens is 1. The van der Waals surface area contributed by atoms with Gasteiger partial charge in [-0.25, -0.2) is 0 Å². The smallest absolute Gasteiger partial charge is 0.251 e. The van der Waals surface area contributed by atoms with Crippen molar-refractivity contribution in [1.82, 2.24) is 10.3 Å². The number of benzene rings is 1. The van der Waals surface area contributed by atoms with Gasteiger partial charge in [0.25, 0.3) is 5.91 Å². The Labute approximate surface area is 123 Å². The van der Waals surface area contributed by atoms with Gasteiger partial charge in [-0.15, -0.1) is 0 Å². The highest BCUT2D eigenvalue weighted by Crippen LogP contribution is 2.29. The van der Waals surface area contributed by atoms with Gasteiger partial charge in [-0.3, -0.25) is 4.79 Å². The summed E-state index contributed by atoms with van der Waals surface area (Å²) in [7, 11) is 0. The third-order valence-corrected chi connectivity index (χ3v) is 5.17. The number of amides is 1. The largest absolute Gasteiger partial charge is 0.361 e. The lowest BCUT2D eigenvalue weighted by molar-refractivity contribution is 0.0938. The summed E-state index contributed by atoms with van der Waals surface area (Å²) in [5, 5.41) is 5.03. The van der Waals surface area contributed by atoms with Crippen LogP contribution < -0.4 is 5.32 Å². The third-order valence-electron chi connectivity index (χ3n) is 3.94. The van der Waals surface area contributed by atoms with Gasteiger partial charge in [-0.1, -0.05) is 13.0 Å². The molecular weight excluding hydrogens is 268 g/mol. The Bertz CT molecular complexity index is 607. The fourth-order valence-corrected chi connectivity index (χ4v) is 4.06. The highest BCUT2D eigenvalue weighted by atomic mass is 32.2. The van der Waals surface area contributed by atoms with Crippen LogP contribution in [0.25, 0.3) is 10.9 Å². The van der Waals surface area contributed by atoms with Crippen LogP contribution in [-0.4, -0.2) is 27.9 Å². The monoisotopic (exact) mass is 288 g/mol. The van der Waals surface area contributed by atoms with E-state index in [-0.39, 0.29) is 5.91 Å². The summed E-state index contributed by atoms with van der Waals surface area (Å²) in [6, 6.07) is 8.17. The average molecular weight is 288 g/mol. The van der Waals surface area contributed by atoms with Gasteiger partial charge < -0.3 is 10.3 Å². The second-order valence-corrected chi connectivity index (χ2v) is 6.92. The van der Waals surface area contributed by atoms with Crippen molar-refractivity contribution in [3.05, 3.63) is 36.0 Å². The summed E-state index contributed by atoms with van der Waals surface area (Å²) < 4.78 is 0. The van der Waals surface area contributed by atoms with E-state index < -0.39 is 0 Å². The molecule has 1 aromatic heterocycles. The molecule has 0 aliphatic heterocycles. The molecule has 1 fully saturated rings. The van der Waals surface area contributed by atoms with Crippen molar-refractivity contribution in [1.29, 1.82) is 0 Å². The van der Waals surface area contributed by atoms with E-state index in [9.17, 15) is 4.79 Å². The lowest BCUT2D eigenvalue weighted by Gasteiger charge is -2.13. The Morgan fingerprint density at radius 2 is 2.30 bits per heavy atom. The molecule has 2 atom stereocenters. The summed E-state index contributed by atoms with van der Waals surface area (Å²) in [5.41, 5.74) is 1.76. The second-order valence-electron chi connectivity index (χ2n) is 5.34. The molecule has 2 unspecified atom stereocenters. The average Bonchev–Trinajstić information content (AvgIpc) is 3.07. The lowest BCUT2D eigenvalue weighted by Crippen LogP contribution is -2.33. The molecule has 2 aromatic rings. The third kappa shape index (κ3) is 2.85. The second kappa shape index (κ2) is 5.92. The number of hydrogen-bond acceptors (Lipinski definition) is 2. The minimum Gasteiger partial charge on any atom is -0.361 e. The topological polar surface area (TPSA) is 44.9 Å². The first-order valence-corrected chi connectivity index (χ1v) is 8.30. The molecule has 0 spiro atoms. The summed E-state index contributed by atoms with van der Waals surface area (Å²) in [6.45, 7) is 2.20. The number of nitrogens with one attached hydrogen (secondary N) is 2. The molecule has 1 aliphatic carbocycles. The van der Waals surface area contributed by atoms with Crippen LogP contribution in [0, 0.1) is 0 Å². The Hall–Kier alpha value is -1.42. The van der Waals surface area contributed by atoms with E-state index in [1.807, 2.05) is 42.2 Å². The minimum atomic E-state index is 0.0497.